The molecule has 0 bridgehead atoms. The normalized spacial score (nSPS) is 18.8. The number of hydrogen-bond acceptors (Lipinski definition) is 4. The summed E-state index contributed by atoms with van der Waals surface area (Å²) in [4.78, 5) is 3.39. The highest BCUT2D eigenvalue weighted by Crippen LogP contribution is 2.31. The van der Waals surface area contributed by atoms with E-state index in [0.717, 1.165) is 55.1 Å². The van der Waals surface area contributed by atoms with Gasteiger partial charge in [0.25, 0.3) is 0 Å². The number of amidine groups is 1. The highest BCUT2D eigenvalue weighted by Gasteiger charge is 2.23. The van der Waals surface area contributed by atoms with Gasteiger partial charge in [-0.1, -0.05) is 13.0 Å². The Labute approximate surface area is 131 Å². The van der Waals surface area contributed by atoms with Crippen molar-refractivity contribution in [1.82, 2.24) is 0 Å². The van der Waals surface area contributed by atoms with Gasteiger partial charge >= 0.3 is 0 Å². The number of hydrogen-bond donors (Lipinski definition) is 2. The lowest BCUT2D eigenvalue weighted by molar-refractivity contribution is 0.0440. The van der Waals surface area contributed by atoms with Crippen molar-refractivity contribution < 1.29 is 4.74 Å². The van der Waals surface area contributed by atoms with Crippen molar-refractivity contribution in [2.75, 3.05) is 30.9 Å². The molecule has 0 radical (unpaired) electrons. The zero-order valence-corrected chi connectivity index (χ0v) is 13.7. The van der Waals surface area contributed by atoms with Gasteiger partial charge in [-0.15, -0.1) is 11.8 Å². The lowest BCUT2D eigenvalue weighted by atomic mass is 10.0. The van der Waals surface area contributed by atoms with Crippen molar-refractivity contribution in [2.45, 2.75) is 37.2 Å². The lowest BCUT2D eigenvalue weighted by Gasteiger charge is -2.35. The second-order valence-electron chi connectivity index (χ2n) is 5.35. The van der Waals surface area contributed by atoms with Crippen LogP contribution in [0.2, 0.25) is 0 Å². The summed E-state index contributed by atoms with van der Waals surface area (Å²) in [6.07, 6.45) is 5.60. The van der Waals surface area contributed by atoms with Crippen molar-refractivity contribution in [3.8, 4) is 0 Å². The first-order valence-corrected chi connectivity index (χ1v) is 8.77. The van der Waals surface area contributed by atoms with Crippen molar-refractivity contribution in [1.29, 1.82) is 5.41 Å². The van der Waals surface area contributed by atoms with Gasteiger partial charge in [0, 0.05) is 30.3 Å². The molecule has 0 aromatic heterocycles. The summed E-state index contributed by atoms with van der Waals surface area (Å²) < 4.78 is 5.91. The van der Waals surface area contributed by atoms with Gasteiger partial charge in [-0.3, -0.25) is 5.41 Å². The molecule has 1 fully saturated rings. The highest BCUT2D eigenvalue weighted by molar-refractivity contribution is 7.98. The summed E-state index contributed by atoms with van der Waals surface area (Å²) in [5.41, 5.74) is 7.76. The maximum Gasteiger partial charge on any atom is 0.126 e. The fourth-order valence-electron chi connectivity index (χ4n) is 2.80. The molecule has 5 heteroatoms. The van der Waals surface area contributed by atoms with Crippen LogP contribution in [0.3, 0.4) is 0 Å². The van der Waals surface area contributed by atoms with Gasteiger partial charge in [0.05, 0.1) is 11.7 Å². The summed E-state index contributed by atoms with van der Waals surface area (Å²) in [5.74, 6) is 0.145. The molecule has 0 spiro atoms. The minimum atomic E-state index is 0.145. The summed E-state index contributed by atoms with van der Waals surface area (Å²) in [6.45, 7) is 4.85. The Bertz CT molecular complexity index is 492. The molecule has 1 aliphatic rings. The van der Waals surface area contributed by atoms with Crippen LogP contribution in [0.15, 0.2) is 23.1 Å². The molecule has 1 aromatic rings. The van der Waals surface area contributed by atoms with E-state index in [9.17, 15) is 0 Å². The van der Waals surface area contributed by atoms with Crippen LogP contribution in [0.1, 0.15) is 31.7 Å². The van der Waals surface area contributed by atoms with Crippen LogP contribution in [0, 0.1) is 5.41 Å². The number of ether oxygens (including phenoxy) is 1. The minimum Gasteiger partial charge on any atom is -0.384 e. The molecule has 3 N–H and O–H groups in total. The van der Waals surface area contributed by atoms with E-state index in [0.29, 0.717) is 0 Å². The molecule has 0 aliphatic carbocycles. The molecule has 21 heavy (non-hydrogen) atoms. The highest BCUT2D eigenvalue weighted by atomic mass is 32.2. The number of anilines is 1. The predicted octanol–water partition coefficient (Wildman–Crippen LogP) is 3.09. The Morgan fingerprint density at radius 3 is 3.00 bits per heavy atom. The third-order valence-electron chi connectivity index (χ3n) is 3.77. The number of nitrogen functional groups attached to an aromatic ring is 1. The summed E-state index contributed by atoms with van der Waals surface area (Å²) in [5, 5.41) is 7.91. The Hall–Kier alpha value is -1.20. The van der Waals surface area contributed by atoms with E-state index in [4.69, 9.17) is 15.9 Å². The van der Waals surface area contributed by atoms with Crippen LogP contribution in [0.4, 0.5) is 5.69 Å². The van der Waals surface area contributed by atoms with E-state index in [1.807, 2.05) is 18.4 Å². The van der Waals surface area contributed by atoms with Gasteiger partial charge in [0.2, 0.25) is 0 Å². The molecule has 1 saturated heterocycles. The van der Waals surface area contributed by atoms with E-state index in [1.54, 1.807) is 11.8 Å². The van der Waals surface area contributed by atoms with Crippen molar-refractivity contribution >= 4 is 23.3 Å². The number of nitrogens with two attached hydrogens (primary N) is 1. The molecule has 0 saturated carbocycles. The number of piperidine rings is 1. The van der Waals surface area contributed by atoms with Crippen LogP contribution in [0.25, 0.3) is 0 Å². The van der Waals surface area contributed by atoms with Crippen LogP contribution >= 0.6 is 11.8 Å². The maximum atomic E-state index is 7.91. The van der Waals surface area contributed by atoms with Crippen LogP contribution in [0.5, 0.6) is 0 Å². The molecular weight excluding hydrogens is 282 g/mol. The van der Waals surface area contributed by atoms with E-state index in [1.165, 1.54) is 0 Å². The quantitative estimate of drug-likeness (QED) is 0.481. The van der Waals surface area contributed by atoms with E-state index in [-0.39, 0.29) is 11.9 Å². The fourth-order valence-corrected chi connectivity index (χ4v) is 3.43. The number of benzene rings is 1. The molecule has 1 aliphatic heterocycles. The molecule has 1 heterocycles. The molecule has 1 atom stereocenters. The van der Waals surface area contributed by atoms with E-state index < -0.39 is 0 Å². The van der Waals surface area contributed by atoms with Gasteiger partial charge < -0.3 is 15.4 Å². The smallest absolute Gasteiger partial charge is 0.126 e. The average molecular weight is 307 g/mol. The molecule has 1 unspecified atom stereocenters. The average Bonchev–Trinajstić information content (AvgIpc) is 2.52. The first-order chi connectivity index (χ1) is 10.2. The fraction of sp³-hybridized carbons (Fsp3) is 0.562. The SMILES string of the molecule is CCCOC1CCCN(c2cccc(SC)c2C(=N)N)C1. The third-order valence-corrected chi connectivity index (χ3v) is 4.55. The van der Waals surface area contributed by atoms with Gasteiger partial charge in [0.1, 0.15) is 5.84 Å². The Kier molecular flexibility index (Phi) is 5.94. The zero-order valence-electron chi connectivity index (χ0n) is 12.9. The van der Waals surface area contributed by atoms with E-state index in [2.05, 4.69) is 17.9 Å². The molecule has 2 rings (SSSR count). The molecule has 0 amide bonds. The maximum absolute atomic E-state index is 7.91. The number of rotatable bonds is 6. The van der Waals surface area contributed by atoms with Crippen molar-refractivity contribution in [2.24, 2.45) is 5.73 Å². The Morgan fingerprint density at radius 1 is 1.52 bits per heavy atom. The minimum absolute atomic E-state index is 0.145. The summed E-state index contributed by atoms with van der Waals surface area (Å²) in [6, 6.07) is 6.14. The first kappa shape index (κ1) is 16.2. The van der Waals surface area contributed by atoms with Crippen LogP contribution < -0.4 is 10.6 Å². The van der Waals surface area contributed by atoms with Crippen LogP contribution in [-0.4, -0.2) is 37.9 Å². The summed E-state index contributed by atoms with van der Waals surface area (Å²) >= 11 is 1.64. The monoisotopic (exact) mass is 307 g/mol. The number of thioether (sulfide) groups is 1. The second-order valence-corrected chi connectivity index (χ2v) is 6.20. The van der Waals surface area contributed by atoms with Crippen molar-refractivity contribution in [3.05, 3.63) is 23.8 Å². The third kappa shape index (κ3) is 3.92. The number of nitrogens with zero attached hydrogens (tertiary/aromatic N) is 1. The first-order valence-electron chi connectivity index (χ1n) is 7.55. The number of nitrogens with one attached hydrogen (secondary N) is 1. The standard InChI is InChI=1S/C16H25N3OS/c1-3-10-20-12-6-5-9-19(11-12)13-7-4-8-14(21-2)15(13)16(17)18/h4,7-8,12H,3,5-6,9-11H2,1-2H3,(H3,17,18). The molecular formula is C16H25N3OS. The lowest BCUT2D eigenvalue weighted by Crippen LogP contribution is -2.40. The topological polar surface area (TPSA) is 62.3 Å². The second kappa shape index (κ2) is 7.71. The molecule has 4 nitrogen and oxygen atoms in total. The van der Waals surface area contributed by atoms with Gasteiger partial charge in [-0.25, -0.2) is 0 Å². The molecule has 1 aromatic carbocycles. The molecule has 116 valence electrons. The summed E-state index contributed by atoms with van der Waals surface area (Å²) in [7, 11) is 0. The van der Waals surface area contributed by atoms with E-state index >= 15 is 0 Å². The van der Waals surface area contributed by atoms with Gasteiger partial charge in [-0.05, 0) is 37.7 Å². The van der Waals surface area contributed by atoms with Gasteiger partial charge in [0.15, 0.2) is 0 Å². The van der Waals surface area contributed by atoms with Crippen molar-refractivity contribution in [3.63, 3.8) is 0 Å². The Balaban J connectivity index is 2.22. The zero-order chi connectivity index (χ0) is 15.2. The van der Waals surface area contributed by atoms with Gasteiger partial charge in [-0.2, -0.15) is 0 Å². The Morgan fingerprint density at radius 2 is 2.33 bits per heavy atom. The largest absolute Gasteiger partial charge is 0.384 e. The van der Waals surface area contributed by atoms with Crippen LogP contribution in [-0.2, 0) is 4.74 Å². The predicted molar refractivity (Wildman–Crippen MR) is 90.7 cm³/mol.